The van der Waals surface area contributed by atoms with E-state index in [1.54, 1.807) is 19.4 Å². The van der Waals surface area contributed by atoms with Crippen LogP contribution >= 0.6 is 11.3 Å². The molecule has 3 aromatic heterocycles. The number of hydrogen-bond donors (Lipinski definition) is 1. The first kappa shape index (κ1) is 18.1. The van der Waals surface area contributed by atoms with Crippen LogP contribution in [0.4, 0.5) is 0 Å². The van der Waals surface area contributed by atoms with Gasteiger partial charge in [0.1, 0.15) is 4.83 Å². The Hall–Kier alpha value is -2.74. The van der Waals surface area contributed by atoms with E-state index < -0.39 is 0 Å². The van der Waals surface area contributed by atoms with Crippen molar-refractivity contribution in [1.82, 2.24) is 19.9 Å². The molecule has 8 heteroatoms. The van der Waals surface area contributed by atoms with Crippen molar-refractivity contribution in [2.24, 2.45) is 0 Å². The summed E-state index contributed by atoms with van der Waals surface area (Å²) in [5.74, 6) is 0.396. The summed E-state index contributed by atoms with van der Waals surface area (Å²) in [6.07, 6.45) is 3.38. The van der Waals surface area contributed by atoms with E-state index in [0.29, 0.717) is 24.4 Å². The Kier molecular flexibility index (Phi) is 5.32. The second-order valence-corrected chi connectivity index (χ2v) is 7.15. The minimum Gasteiger partial charge on any atom is -0.481 e. The van der Waals surface area contributed by atoms with Gasteiger partial charge in [-0.05, 0) is 25.0 Å². The number of hydrogen-bond acceptors (Lipinski definition) is 6. The molecule has 0 aliphatic carbocycles. The molecule has 0 fully saturated rings. The van der Waals surface area contributed by atoms with Gasteiger partial charge in [0.05, 0.1) is 18.8 Å². The molecule has 26 heavy (non-hydrogen) atoms. The highest BCUT2D eigenvalue weighted by Crippen LogP contribution is 2.25. The molecule has 0 spiro atoms. The first-order chi connectivity index (χ1) is 12.5. The van der Waals surface area contributed by atoms with Gasteiger partial charge in [-0.2, -0.15) is 0 Å². The average molecular weight is 372 g/mol. The molecule has 3 heterocycles. The van der Waals surface area contributed by atoms with E-state index in [1.807, 2.05) is 19.9 Å². The second kappa shape index (κ2) is 7.65. The molecule has 0 unspecified atom stereocenters. The number of nitrogens with one attached hydrogen (secondary N) is 1. The van der Waals surface area contributed by atoms with E-state index >= 15 is 0 Å². The molecule has 1 amide bonds. The minimum atomic E-state index is -0.133. The number of ether oxygens (including phenoxy) is 1. The summed E-state index contributed by atoms with van der Waals surface area (Å²) < 4.78 is 6.49. The second-order valence-electron chi connectivity index (χ2n) is 5.94. The van der Waals surface area contributed by atoms with E-state index in [4.69, 9.17) is 4.74 Å². The third-order valence-electron chi connectivity index (χ3n) is 4.23. The number of aromatic nitrogens is 3. The van der Waals surface area contributed by atoms with Gasteiger partial charge in [0.15, 0.2) is 0 Å². The van der Waals surface area contributed by atoms with E-state index in [0.717, 1.165) is 20.8 Å². The molecular weight excluding hydrogens is 352 g/mol. The number of thiophene rings is 1. The maximum atomic E-state index is 12.6. The molecular formula is C18H20N4O3S. The van der Waals surface area contributed by atoms with Crippen LogP contribution in [0, 0.1) is 13.8 Å². The smallest absolute Gasteiger partial charge is 0.262 e. The Bertz CT molecular complexity index is 992. The molecule has 3 aromatic rings. The van der Waals surface area contributed by atoms with Crippen LogP contribution in [0.2, 0.25) is 0 Å². The number of carbonyl (C=O) groups is 1. The van der Waals surface area contributed by atoms with Gasteiger partial charge in [0.2, 0.25) is 11.8 Å². The first-order valence-corrected chi connectivity index (χ1v) is 9.02. The summed E-state index contributed by atoms with van der Waals surface area (Å²) in [7, 11) is 1.55. The maximum Gasteiger partial charge on any atom is 0.262 e. The highest BCUT2D eigenvalue weighted by atomic mass is 32.1. The SMILES string of the molecule is COc1ccc(CNC(=O)CCn2cnc3sc(C)c(C)c3c2=O)cn1. The van der Waals surface area contributed by atoms with Gasteiger partial charge >= 0.3 is 0 Å². The Labute approximate surface area is 154 Å². The summed E-state index contributed by atoms with van der Waals surface area (Å²) >= 11 is 1.52. The predicted octanol–water partition coefficient (Wildman–Crippen LogP) is 2.18. The van der Waals surface area contributed by atoms with Gasteiger partial charge in [0.25, 0.3) is 5.56 Å². The fourth-order valence-corrected chi connectivity index (χ4v) is 3.56. The fourth-order valence-electron chi connectivity index (χ4n) is 2.58. The van der Waals surface area contributed by atoms with Crippen molar-refractivity contribution in [2.45, 2.75) is 33.4 Å². The van der Waals surface area contributed by atoms with Crippen LogP contribution in [0.3, 0.4) is 0 Å². The van der Waals surface area contributed by atoms with Gasteiger partial charge in [-0.15, -0.1) is 11.3 Å². The van der Waals surface area contributed by atoms with Crippen molar-refractivity contribution in [3.05, 3.63) is 51.0 Å². The Morgan fingerprint density at radius 3 is 2.81 bits per heavy atom. The number of pyridine rings is 1. The first-order valence-electron chi connectivity index (χ1n) is 8.20. The number of carbonyl (C=O) groups excluding carboxylic acids is 1. The van der Waals surface area contributed by atoms with E-state index in [9.17, 15) is 9.59 Å². The molecule has 0 radical (unpaired) electrons. The number of nitrogens with zero attached hydrogens (tertiary/aromatic N) is 3. The van der Waals surface area contributed by atoms with Crippen molar-refractivity contribution in [1.29, 1.82) is 0 Å². The van der Waals surface area contributed by atoms with E-state index in [-0.39, 0.29) is 17.9 Å². The van der Waals surface area contributed by atoms with Crippen LogP contribution in [-0.4, -0.2) is 27.6 Å². The molecule has 0 aliphatic heterocycles. The normalized spacial score (nSPS) is 10.9. The molecule has 0 atom stereocenters. The topological polar surface area (TPSA) is 86.1 Å². The van der Waals surface area contributed by atoms with Crippen LogP contribution in [0.1, 0.15) is 22.4 Å². The predicted molar refractivity (Wildman–Crippen MR) is 101 cm³/mol. The van der Waals surface area contributed by atoms with Crippen LogP contribution in [0.15, 0.2) is 29.5 Å². The Balaban J connectivity index is 1.60. The van der Waals surface area contributed by atoms with Crippen LogP contribution in [0.5, 0.6) is 5.88 Å². The highest BCUT2D eigenvalue weighted by molar-refractivity contribution is 7.18. The fraction of sp³-hybridized carbons (Fsp3) is 0.333. The Morgan fingerprint density at radius 1 is 1.31 bits per heavy atom. The summed E-state index contributed by atoms with van der Waals surface area (Å²) in [5, 5.41) is 3.48. The lowest BCUT2D eigenvalue weighted by atomic mass is 10.2. The largest absolute Gasteiger partial charge is 0.481 e. The van der Waals surface area contributed by atoms with Gasteiger partial charge in [-0.3, -0.25) is 14.2 Å². The number of methoxy groups -OCH3 is 1. The van der Waals surface area contributed by atoms with Gasteiger partial charge in [0, 0.05) is 36.7 Å². The molecule has 136 valence electrons. The molecule has 0 aromatic carbocycles. The van der Waals surface area contributed by atoms with Crippen LogP contribution in [0.25, 0.3) is 10.2 Å². The third-order valence-corrected chi connectivity index (χ3v) is 5.35. The molecule has 0 aliphatic rings. The van der Waals surface area contributed by atoms with Crippen LogP contribution < -0.4 is 15.6 Å². The van der Waals surface area contributed by atoms with Gasteiger partial charge in [-0.1, -0.05) is 6.07 Å². The number of aryl methyl sites for hydroxylation is 3. The van der Waals surface area contributed by atoms with Crippen molar-refractivity contribution in [2.75, 3.05) is 7.11 Å². The van der Waals surface area contributed by atoms with Gasteiger partial charge < -0.3 is 10.1 Å². The lowest BCUT2D eigenvalue weighted by Crippen LogP contribution is -2.27. The number of amides is 1. The highest BCUT2D eigenvalue weighted by Gasteiger charge is 2.12. The van der Waals surface area contributed by atoms with Crippen LogP contribution in [-0.2, 0) is 17.9 Å². The van der Waals surface area contributed by atoms with Crippen molar-refractivity contribution in [3.8, 4) is 5.88 Å². The van der Waals surface area contributed by atoms with Gasteiger partial charge in [-0.25, -0.2) is 9.97 Å². The minimum absolute atomic E-state index is 0.0935. The summed E-state index contributed by atoms with van der Waals surface area (Å²) in [6.45, 7) is 4.58. The van der Waals surface area contributed by atoms with Crippen molar-refractivity contribution < 1.29 is 9.53 Å². The van der Waals surface area contributed by atoms with Crippen molar-refractivity contribution in [3.63, 3.8) is 0 Å². The monoisotopic (exact) mass is 372 g/mol. The number of fused-ring (bicyclic) bond motifs is 1. The molecule has 0 saturated heterocycles. The summed E-state index contributed by atoms with van der Waals surface area (Å²) in [4.78, 5) is 34.9. The number of rotatable bonds is 6. The molecule has 7 nitrogen and oxygen atoms in total. The van der Waals surface area contributed by atoms with Crippen molar-refractivity contribution >= 4 is 27.5 Å². The molecule has 0 saturated carbocycles. The lowest BCUT2D eigenvalue weighted by Gasteiger charge is -2.07. The molecule has 0 bridgehead atoms. The standard InChI is InChI=1S/C18H20N4O3S/c1-11-12(2)26-17-16(11)18(24)22(10-21-17)7-6-14(23)19-8-13-4-5-15(25-3)20-9-13/h4-5,9-10H,6-8H2,1-3H3,(H,19,23). The zero-order chi connectivity index (χ0) is 18.7. The summed E-state index contributed by atoms with van der Waals surface area (Å²) in [6, 6.07) is 3.59. The third kappa shape index (κ3) is 3.75. The maximum absolute atomic E-state index is 12.6. The Morgan fingerprint density at radius 2 is 2.12 bits per heavy atom. The van der Waals surface area contributed by atoms with E-state index in [2.05, 4.69) is 15.3 Å². The van der Waals surface area contributed by atoms with E-state index in [1.165, 1.54) is 22.2 Å². The summed E-state index contributed by atoms with van der Waals surface area (Å²) in [5.41, 5.74) is 1.75. The lowest BCUT2D eigenvalue weighted by molar-refractivity contribution is -0.121. The molecule has 3 rings (SSSR count). The zero-order valence-electron chi connectivity index (χ0n) is 14.9. The zero-order valence-corrected chi connectivity index (χ0v) is 15.7. The molecule has 1 N–H and O–H groups in total. The quantitative estimate of drug-likeness (QED) is 0.717. The average Bonchev–Trinajstić information content (AvgIpc) is 2.94.